The van der Waals surface area contributed by atoms with Crippen LogP contribution in [0.2, 0.25) is 0 Å². The maximum Gasteiger partial charge on any atom is 0.419 e. The van der Waals surface area contributed by atoms with E-state index in [2.05, 4.69) is 11.3 Å². The van der Waals surface area contributed by atoms with Crippen LogP contribution in [0.1, 0.15) is 12.5 Å². The molecule has 0 bridgehead atoms. The van der Waals surface area contributed by atoms with Crippen LogP contribution in [0.5, 0.6) is 5.75 Å². The number of carbonyl (C=O) groups is 1. The van der Waals surface area contributed by atoms with E-state index in [1.54, 1.807) is 0 Å². The Morgan fingerprint density at radius 1 is 1.31 bits per heavy atom. The molecule has 0 aliphatic rings. The first-order chi connectivity index (χ1) is 7.32. The summed E-state index contributed by atoms with van der Waals surface area (Å²) < 4.78 is 42.0. The fraction of sp³-hybridized carbons (Fsp3) is 0.182. The van der Waals surface area contributed by atoms with Gasteiger partial charge in [0.25, 0.3) is 0 Å². The van der Waals surface area contributed by atoms with Crippen LogP contribution in [0.3, 0.4) is 0 Å². The molecule has 1 aromatic rings. The Morgan fingerprint density at radius 3 is 2.38 bits per heavy atom. The van der Waals surface area contributed by atoms with Crippen molar-refractivity contribution in [1.82, 2.24) is 0 Å². The molecule has 1 aromatic carbocycles. The molecule has 0 aromatic heterocycles. The lowest BCUT2D eigenvalue weighted by molar-refractivity contribution is -0.141. The second-order valence-corrected chi connectivity index (χ2v) is 3.16. The summed E-state index contributed by atoms with van der Waals surface area (Å²) in [6, 6.07) is 4.52. The molecule has 0 heterocycles. The number of para-hydroxylation sites is 1. The van der Waals surface area contributed by atoms with Crippen molar-refractivity contribution in [2.75, 3.05) is 0 Å². The Bertz CT molecular complexity index is 421. The quantitative estimate of drug-likeness (QED) is 0.443. The van der Waals surface area contributed by atoms with E-state index in [1.807, 2.05) is 0 Å². The summed E-state index contributed by atoms with van der Waals surface area (Å²) >= 11 is 0. The summed E-state index contributed by atoms with van der Waals surface area (Å²) in [4.78, 5) is 11.1. The lowest BCUT2D eigenvalue weighted by Gasteiger charge is -2.12. The van der Waals surface area contributed by atoms with Crippen LogP contribution < -0.4 is 4.74 Å². The second-order valence-electron chi connectivity index (χ2n) is 3.16. The topological polar surface area (TPSA) is 26.3 Å². The third-order valence-corrected chi connectivity index (χ3v) is 1.74. The van der Waals surface area contributed by atoms with Gasteiger partial charge < -0.3 is 4.74 Å². The third-order valence-electron chi connectivity index (χ3n) is 1.74. The Labute approximate surface area is 90.3 Å². The summed E-state index contributed by atoms with van der Waals surface area (Å²) in [6.45, 7) is 4.65. The molecule has 0 saturated carbocycles. The van der Waals surface area contributed by atoms with Gasteiger partial charge in [0, 0.05) is 5.57 Å². The van der Waals surface area contributed by atoms with Crippen molar-refractivity contribution in [2.45, 2.75) is 13.1 Å². The largest absolute Gasteiger partial charge is 0.423 e. The van der Waals surface area contributed by atoms with Gasteiger partial charge in [-0.1, -0.05) is 18.7 Å². The van der Waals surface area contributed by atoms with E-state index in [0.717, 1.165) is 12.1 Å². The zero-order valence-electron chi connectivity index (χ0n) is 8.47. The van der Waals surface area contributed by atoms with Crippen molar-refractivity contribution in [1.29, 1.82) is 0 Å². The van der Waals surface area contributed by atoms with Gasteiger partial charge in [-0.25, -0.2) is 4.79 Å². The molecule has 0 unspecified atom stereocenters. The van der Waals surface area contributed by atoms with Crippen molar-refractivity contribution < 1.29 is 22.7 Å². The van der Waals surface area contributed by atoms with Crippen LogP contribution >= 0.6 is 0 Å². The van der Waals surface area contributed by atoms with Gasteiger partial charge in [-0.15, -0.1) is 0 Å². The first-order valence-corrected chi connectivity index (χ1v) is 4.36. The molecular weight excluding hydrogens is 221 g/mol. The maximum absolute atomic E-state index is 12.5. The smallest absolute Gasteiger partial charge is 0.419 e. The van der Waals surface area contributed by atoms with E-state index in [9.17, 15) is 18.0 Å². The number of carbonyl (C=O) groups excluding carboxylic acids is 1. The molecule has 1 rings (SSSR count). The van der Waals surface area contributed by atoms with Gasteiger partial charge in [0.05, 0.1) is 5.56 Å². The summed E-state index contributed by atoms with van der Waals surface area (Å²) in [5.74, 6) is -1.39. The van der Waals surface area contributed by atoms with Crippen LogP contribution in [0.25, 0.3) is 0 Å². The van der Waals surface area contributed by atoms with Gasteiger partial charge >= 0.3 is 12.1 Å². The van der Waals surface area contributed by atoms with E-state index in [0.29, 0.717) is 0 Å². The van der Waals surface area contributed by atoms with Gasteiger partial charge in [-0.05, 0) is 19.1 Å². The second kappa shape index (κ2) is 4.38. The first-order valence-electron chi connectivity index (χ1n) is 4.36. The predicted molar refractivity (Wildman–Crippen MR) is 51.9 cm³/mol. The standard InChI is InChI=1S/C11H9F3O2/c1-7(2)10(15)16-9-6-4-3-5-8(9)11(12,13)14/h3-6H,1H2,2H3. The number of hydrogen-bond donors (Lipinski definition) is 0. The maximum atomic E-state index is 12.5. The predicted octanol–water partition coefficient (Wildman–Crippen LogP) is 3.19. The Hall–Kier alpha value is -1.78. The molecule has 0 N–H and O–H groups in total. The molecule has 0 aliphatic heterocycles. The van der Waals surface area contributed by atoms with Gasteiger partial charge in [0.15, 0.2) is 0 Å². The summed E-state index contributed by atoms with van der Waals surface area (Å²) in [5, 5.41) is 0. The van der Waals surface area contributed by atoms with Crippen molar-refractivity contribution in [2.24, 2.45) is 0 Å². The zero-order valence-corrected chi connectivity index (χ0v) is 8.47. The number of hydrogen-bond acceptors (Lipinski definition) is 2. The molecule has 5 heteroatoms. The van der Waals surface area contributed by atoms with E-state index in [1.165, 1.54) is 19.1 Å². The van der Waals surface area contributed by atoms with Gasteiger partial charge in [0.2, 0.25) is 0 Å². The molecule has 0 spiro atoms. The van der Waals surface area contributed by atoms with Crippen LogP contribution in [-0.4, -0.2) is 5.97 Å². The van der Waals surface area contributed by atoms with Crippen molar-refractivity contribution >= 4 is 5.97 Å². The molecule has 0 radical (unpaired) electrons. The number of esters is 1. The van der Waals surface area contributed by atoms with Gasteiger partial charge in [-0.3, -0.25) is 0 Å². The molecule has 0 atom stereocenters. The Morgan fingerprint density at radius 2 is 1.88 bits per heavy atom. The highest BCUT2D eigenvalue weighted by molar-refractivity contribution is 5.88. The fourth-order valence-electron chi connectivity index (χ4n) is 0.977. The minimum Gasteiger partial charge on any atom is -0.423 e. The zero-order chi connectivity index (χ0) is 12.3. The summed E-state index contributed by atoms with van der Waals surface area (Å²) in [7, 11) is 0. The van der Waals surface area contributed by atoms with E-state index in [4.69, 9.17) is 0 Å². The molecule has 0 amide bonds. The Kier molecular flexibility index (Phi) is 3.37. The van der Waals surface area contributed by atoms with E-state index < -0.39 is 23.5 Å². The molecule has 16 heavy (non-hydrogen) atoms. The number of benzene rings is 1. The molecule has 0 saturated heterocycles. The van der Waals surface area contributed by atoms with Gasteiger partial charge in [0.1, 0.15) is 5.75 Å². The lowest BCUT2D eigenvalue weighted by Crippen LogP contribution is -2.13. The molecular formula is C11H9F3O2. The number of ether oxygens (including phenoxy) is 1. The number of rotatable bonds is 2. The first kappa shape index (κ1) is 12.3. The van der Waals surface area contributed by atoms with Crippen molar-refractivity contribution in [3.8, 4) is 5.75 Å². The SMILES string of the molecule is C=C(C)C(=O)Oc1ccccc1C(F)(F)F. The van der Waals surface area contributed by atoms with Crippen LogP contribution in [-0.2, 0) is 11.0 Å². The normalized spacial score (nSPS) is 11.0. The Balaban J connectivity index is 3.05. The van der Waals surface area contributed by atoms with Gasteiger partial charge in [-0.2, -0.15) is 13.2 Å². The fourth-order valence-corrected chi connectivity index (χ4v) is 0.977. The highest BCUT2D eigenvalue weighted by Crippen LogP contribution is 2.36. The lowest BCUT2D eigenvalue weighted by atomic mass is 10.2. The monoisotopic (exact) mass is 230 g/mol. The van der Waals surface area contributed by atoms with E-state index in [-0.39, 0.29) is 5.57 Å². The average Bonchev–Trinajstić information content (AvgIpc) is 2.16. The average molecular weight is 230 g/mol. The molecule has 2 nitrogen and oxygen atoms in total. The number of halogens is 3. The minimum absolute atomic E-state index is 0.0389. The molecule has 86 valence electrons. The van der Waals surface area contributed by atoms with E-state index >= 15 is 0 Å². The molecule has 0 fully saturated rings. The highest BCUT2D eigenvalue weighted by atomic mass is 19.4. The van der Waals surface area contributed by atoms with Crippen LogP contribution in [0.4, 0.5) is 13.2 Å². The summed E-state index contributed by atoms with van der Waals surface area (Å²) in [6.07, 6.45) is -4.55. The van der Waals surface area contributed by atoms with Crippen LogP contribution in [0.15, 0.2) is 36.4 Å². The summed E-state index contributed by atoms with van der Waals surface area (Å²) in [5.41, 5.74) is -0.943. The van der Waals surface area contributed by atoms with Crippen LogP contribution in [0, 0.1) is 0 Å². The third kappa shape index (κ3) is 2.85. The van der Waals surface area contributed by atoms with Crippen molar-refractivity contribution in [3.05, 3.63) is 42.0 Å². The number of alkyl halides is 3. The minimum atomic E-state index is -4.55. The highest BCUT2D eigenvalue weighted by Gasteiger charge is 2.34. The van der Waals surface area contributed by atoms with Crippen molar-refractivity contribution in [3.63, 3.8) is 0 Å². The molecule has 0 aliphatic carbocycles.